The summed E-state index contributed by atoms with van der Waals surface area (Å²) in [5.74, 6) is 1.07. The maximum atomic E-state index is 2.23. The van der Waals surface area contributed by atoms with Crippen LogP contribution in [0.2, 0.25) is 0 Å². The lowest BCUT2D eigenvalue weighted by atomic mass is 10.3. The largest absolute Gasteiger partial charge is 0.324 e. The lowest BCUT2D eigenvalue weighted by Gasteiger charge is -2.17. The van der Waals surface area contributed by atoms with Crippen molar-refractivity contribution in [3.63, 3.8) is 0 Å². The number of hydrogen-bond donors (Lipinski definition) is 0. The minimum absolute atomic E-state index is 1.07. The molecule has 0 spiro atoms. The fourth-order valence-corrected chi connectivity index (χ4v) is 1.67. The van der Waals surface area contributed by atoms with Crippen molar-refractivity contribution in [2.24, 2.45) is 0 Å². The third kappa shape index (κ3) is 1.40. The first-order valence-corrected chi connectivity index (χ1v) is 4.63. The van der Waals surface area contributed by atoms with Crippen molar-refractivity contribution in [2.75, 3.05) is 5.75 Å². The molecule has 0 saturated carbocycles. The molecule has 0 fully saturated rings. The molecule has 2 rings (SSSR count). The van der Waals surface area contributed by atoms with Gasteiger partial charge in [0.05, 0.1) is 0 Å². The SMILES string of the molecule is C1=CC2=CCSC=CN2C=C1. The van der Waals surface area contributed by atoms with Crippen LogP contribution in [0.25, 0.3) is 0 Å². The Labute approximate surface area is 70.8 Å². The number of hydrogen-bond acceptors (Lipinski definition) is 2. The van der Waals surface area contributed by atoms with Crippen LogP contribution in [-0.4, -0.2) is 10.7 Å². The number of fused-ring (bicyclic) bond motifs is 1. The molecule has 0 amide bonds. The topological polar surface area (TPSA) is 3.24 Å². The van der Waals surface area contributed by atoms with Crippen LogP contribution in [0.15, 0.2) is 47.8 Å². The second-order valence-corrected chi connectivity index (χ2v) is 3.29. The fraction of sp³-hybridized carbons (Fsp3) is 0.111. The minimum atomic E-state index is 1.07. The third-order valence-electron chi connectivity index (χ3n) is 1.63. The van der Waals surface area contributed by atoms with E-state index in [4.69, 9.17) is 0 Å². The standard InChI is InChI=1S/C9H9NS/c1-2-5-10-6-8-11-7-4-9(10)3-1/h1-6,8H,7H2. The molecule has 0 aromatic heterocycles. The Balaban J connectivity index is 2.31. The highest BCUT2D eigenvalue weighted by Crippen LogP contribution is 2.19. The Bertz CT molecular complexity index is 261. The summed E-state index contributed by atoms with van der Waals surface area (Å²) in [5.41, 5.74) is 1.27. The predicted molar refractivity (Wildman–Crippen MR) is 49.8 cm³/mol. The summed E-state index contributed by atoms with van der Waals surface area (Å²) in [6, 6.07) is 0. The van der Waals surface area contributed by atoms with Crippen LogP contribution >= 0.6 is 11.8 Å². The van der Waals surface area contributed by atoms with Gasteiger partial charge < -0.3 is 4.90 Å². The van der Waals surface area contributed by atoms with Crippen LogP contribution in [0.3, 0.4) is 0 Å². The zero-order valence-electron chi connectivity index (χ0n) is 6.10. The van der Waals surface area contributed by atoms with Crippen molar-refractivity contribution in [3.8, 4) is 0 Å². The number of thioether (sulfide) groups is 1. The zero-order chi connectivity index (χ0) is 7.52. The van der Waals surface area contributed by atoms with Crippen molar-refractivity contribution in [2.45, 2.75) is 0 Å². The lowest BCUT2D eigenvalue weighted by molar-refractivity contribution is 0.647. The molecule has 0 radical (unpaired) electrons. The van der Waals surface area contributed by atoms with Gasteiger partial charge in [-0.15, -0.1) is 11.8 Å². The maximum absolute atomic E-state index is 2.23. The molecule has 0 aromatic carbocycles. The van der Waals surface area contributed by atoms with Crippen LogP contribution in [-0.2, 0) is 0 Å². The first-order chi connectivity index (χ1) is 5.47. The third-order valence-corrected chi connectivity index (χ3v) is 2.30. The van der Waals surface area contributed by atoms with Gasteiger partial charge in [-0.25, -0.2) is 0 Å². The molecule has 1 nitrogen and oxygen atoms in total. The summed E-state index contributed by atoms with van der Waals surface area (Å²) in [6.07, 6.45) is 12.6. The quantitative estimate of drug-likeness (QED) is 0.539. The second-order valence-electron chi connectivity index (χ2n) is 2.36. The number of allylic oxidation sites excluding steroid dienone is 3. The highest BCUT2D eigenvalue weighted by molar-refractivity contribution is 8.02. The molecule has 0 aliphatic carbocycles. The molecule has 0 aromatic rings. The molecule has 0 bridgehead atoms. The van der Waals surface area contributed by atoms with Gasteiger partial charge in [0.2, 0.25) is 0 Å². The molecule has 0 unspecified atom stereocenters. The highest BCUT2D eigenvalue weighted by atomic mass is 32.2. The molecule has 2 heteroatoms. The zero-order valence-corrected chi connectivity index (χ0v) is 6.92. The summed E-state index contributed by atoms with van der Waals surface area (Å²) < 4.78 is 0. The van der Waals surface area contributed by atoms with Gasteiger partial charge in [-0.3, -0.25) is 0 Å². The smallest absolute Gasteiger partial charge is 0.0418 e. The van der Waals surface area contributed by atoms with Gasteiger partial charge in [-0.1, -0.05) is 12.2 Å². The minimum Gasteiger partial charge on any atom is -0.324 e. The van der Waals surface area contributed by atoms with Crippen molar-refractivity contribution >= 4 is 11.8 Å². The van der Waals surface area contributed by atoms with Gasteiger partial charge in [0, 0.05) is 23.8 Å². The van der Waals surface area contributed by atoms with Crippen molar-refractivity contribution in [1.29, 1.82) is 0 Å². The summed E-state index contributed by atoms with van der Waals surface area (Å²) in [7, 11) is 0. The normalized spacial score (nSPS) is 21.1. The lowest BCUT2D eigenvalue weighted by Crippen LogP contribution is -2.08. The summed E-state index contributed by atoms with van der Waals surface area (Å²) in [6.45, 7) is 0. The highest BCUT2D eigenvalue weighted by Gasteiger charge is 2.03. The van der Waals surface area contributed by atoms with Gasteiger partial charge in [-0.2, -0.15) is 0 Å². The molecule has 56 valence electrons. The first-order valence-electron chi connectivity index (χ1n) is 3.58. The van der Waals surface area contributed by atoms with E-state index < -0.39 is 0 Å². The van der Waals surface area contributed by atoms with Crippen LogP contribution in [0.1, 0.15) is 0 Å². The van der Waals surface area contributed by atoms with E-state index in [-0.39, 0.29) is 0 Å². The summed E-state index contributed by atoms with van der Waals surface area (Å²) in [4.78, 5) is 2.12. The molecule has 2 heterocycles. The van der Waals surface area contributed by atoms with Crippen molar-refractivity contribution in [1.82, 2.24) is 4.90 Å². The Morgan fingerprint density at radius 2 is 2.27 bits per heavy atom. The van der Waals surface area contributed by atoms with Crippen LogP contribution < -0.4 is 0 Å². The molecule has 2 aliphatic heterocycles. The van der Waals surface area contributed by atoms with E-state index in [1.165, 1.54) is 5.70 Å². The van der Waals surface area contributed by atoms with E-state index in [1.807, 2.05) is 17.8 Å². The molecule has 0 saturated heterocycles. The van der Waals surface area contributed by atoms with E-state index >= 15 is 0 Å². The molecule has 2 aliphatic rings. The molecule has 0 atom stereocenters. The van der Waals surface area contributed by atoms with E-state index in [9.17, 15) is 0 Å². The number of rotatable bonds is 0. The Hall–Kier alpha value is -0.890. The predicted octanol–water partition coefficient (Wildman–Crippen LogP) is 2.47. The van der Waals surface area contributed by atoms with Crippen LogP contribution in [0, 0.1) is 0 Å². The van der Waals surface area contributed by atoms with E-state index in [0.29, 0.717) is 0 Å². The average Bonchev–Trinajstić information content (AvgIpc) is 2.28. The van der Waals surface area contributed by atoms with Crippen molar-refractivity contribution in [3.05, 3.63) is 47.8 Å². The summed E-state index contributed by atoms with van der Waals surface area (Å²) in [5, 5.41) is 2.12. The van der Waals surface area contributed by atoms with Gasteiger partial charge in [0.1, 0.15) is 0 Å². The first kappa shape index (κ1) is 6.80. The van der Waals surface area contributed by atoms with Crippen LogP contribution in [0.5, 0.6) is 0 Å². The Kier molecular flexibility index (Phi) is 1.86. The summed E-state index contributed by atoms with van der Waals surface area (Å²) >= 11 is 1.82. The monoisotopic (exact) mass is 163 g/mol. The molecule has 11 heavy (non-hydrogen) atoms. The van der Waals surface area contributed by atoms with E-state index in [2.05, 4.69) is 40.9 Å². The average molecular weight is 163 g/mol. The van der Waals surface area contributed by atoms with Gasteiger partial charge in [0.25, 0.3) is 0 Å². The second kappa shape index (κ2) is 3.01. The number of nitrogens with zero attached hydrogens (tertiary/aromatic N) is 1. The molecular weight excluding hydrogens is 154 g/mol. The Morgan fingerprint density at radius 3 is 3.27 bits per heavy atom. The van der Waals surface area contributed by atoms with E-state index in [0.717, 1.165) is 5.75 Å². The fourth-order valence-electron chi connectivity index (χ4n) is 1.08. The van der Waals surface area contributed by atoms with Crippen LogP contribution in [0.4, 0.5) is 0 Å². The molecule has 0 N–H and O–H groups in total. The molecular formula is C9H9NS. The van der Waals surface area contributed by atoms with Gasteiger partial charge in [0.15, 0.2) is 0 Å². The Morgan fingerprint density at radius 1 is 1.27 bits per heavy atom. The van der Waals surface area contributed by atoms with Gasteiger partial charge >= 0.3 is 0 Å². The van der Waals surface area contributed by atoms with Crippen molar-refractivity contribution < 1.29 is 0 Å². The van der Waals surface area contributed by atoms with E-state index in [1.54, 1.807) is 0 Å². The van der Waals surface area contributed by atoms with Gasteiger partial charge in [-0.05, 0) is 17.6 Å². The maximum Gasteiger partial charge on any atom is 0.0418 e.